The number of nitrogens with one attached hydrogen (secondary N) is 1. The second-order valence-electron chi connectivity index (χ2n) is 6.83. The van der Waals surface area contributed by atoms with Gasteiger partial charge in [-0.15, -0.1) is 0 Å². The standard InChI is InChI=1S/C21H23N3O2/c1-22-19-17(7-4-13-23-19)20(25)24-14-5-10-21(12-15-24)11-9-16-6-2-3-8-18(16)26-21/h2-4,6-9,11,13H,5,10,12,14-15H2,1H3,(H,22,23). The number of aromatic nitrogens is 1. The van der Waals surface area contributed by atoms with Gasteiger partial charge in [-0.3, -0.25) is 4.79 Å². The molecule has 5 nitrogen and oxygen atoms in total. The molecule has 2 aromatic rings. The number of pyridine rings is 1. The fourth-order valence-corrected chi connectivity index (χ4v) is 3.76. The van der Waals surface area contributed by atoms with E-state index in [9.17, 15) is 4.79 Å². The van der Waals surface area contributed by atoms with Crippen LogP contribution in [0.15, 0.2) is 48.7 Å². The number of hydrogen-bond donors (Lipinski definition) is 1. The van der Waals surface area contributed by atoms with Crippen molar-refractivity contribution in [1.29, 1.82) is 0 Å². The molecule has 1 fully saturated rings. The number of fused-ring (bicyclic) bond motifs is 1. The minimum Gasteiger partial charge on any atom is -0.483 e. The van der Waals surface area contributed by atoms with Gasteiger partial charge in [0.15, 0.2) is 0 Å². The maximum absolute atomic E-state index is 13.0. The van der Waals surface area contributed by atoms with E-state index in [1.54, 1.807) is 19.3 Å². The highest BCUT2D eigenvalue weighted by Crippen LogP contribution is 2.37. The van der Waals surface area contributed by atoms with E-state index in [0.717, 1.165) is 37.1 Å². The first-order valence-electron chi connectivity index (χ1n) is 9.10. The molecule has 1 unspecified atom stereocenters. The van der Waals surface area contributed by atoms with E-state index in [1.807, 2.05) is 29.2 Å². The van der Waals surface area contributed by atoms with Crippen molar-refractivity contribution in [2.45, 2.75) is 24.9 Å². The molecule has 1 aromatic carbocycles. The van der Waals surface area contributed by atoms with Gasteiger partial charge in [0, 0.05) is 38.3 Å². The Morgan fingerprint density at radius 3 is 2.96 bits per heavy atom. The first kappa shape index (κ1) is 16.6. The molecule has 3 heterocycles. The number of carbonyl (C=O) groups excluding carboxylic acids is 1. The molecule has 0 bridgehead atoms. The van der Waals surface area contributed by atoms with Crippen molar-refractivity contribution in [3.8, 4) is 5.75 Å². The molecule has 1 spiro atoms. The molecule has 1 atom stereocenters. The summed E-state index contributed by atoms with van der Waals surface area (Å²) in [4.78, 5) is 19.2. The summed E-state index contributed by atoms with van der Waals surface area (Å²) < 4.78 is 6.37. The van der Waals surface area contributed by atoms with Crippen LogP contribution in [0.4, 0.5) is 5.82 Å². The Labute approximate surface area is 153 Å². The minimum atomic E-state index is -0.315. The number of anilines is 1. The smallest absolute Gasteiger partial charge is 0.257 e. The van der Waals surface area contributed by atoms with Gasteiger partial charge in [-0.05, 0) is 37.1 Å². The fraction of sp³-hybridized carbons (Fsp3) is 0.333. The number of para-hydroxylation sites is 1. The van der Waals surface area contributed by atoms with Crippen molar-refractivity contribution in [3.63, 3.8) is 0 Å². The topological polar surface area (TPSA) is 54.5 Å². The third-order valence-corrected chi connectivity index (χ3v) is 5.19. The lowest BCUT2D eigenvalue weighted by atomic mass is 9.91. The number of likely N-dealkylation sites (tertiary alicyclic amines) is 1. The normalized spacial score (nSPS) is 21.7. The second-order valence-corrected chi connectivity index (χ2v) is 6.83. The summed E-state index contributed by atoms with van der Waals surface area (Å²) in [6.45, 7) is 1.40. The van der Waals surface area contributed by atoms with Crippen LogP contribution in [0, 0.1) is 0 Å². The highest BCUT2D eigenvalue weighted by Gasteiger charge is 2.36. The maximum Gasteiger partial charge on any atom is 0.257 e. The quantitative estimate of drug-likeness (QED) is 0.900. The van der Waals surface area contributed by atoms with Crippen LogP contribution in [0.2, 0.25) is 0 Å². The zero-order valence-electron chi connectivity index (χ0n) is 14.9. The zero-order chi connectivity index (χ0) is 18.0. The molecule has 0 radical (unpaired) electrons. The predicted molar refractivity (Wildman–Crippen MR) is 102 cm³/mol. The van der Waals surface area contributed by atoms with E-state index in [4.69, 9.17) is 4.74 Å². The number of amides is 1. The van der Waals surface area contributed by atoms with Crippen LogP contribution < -0.4 is 10.1 Å². The molecule has 5 heteroatoms. The second kappa shape index (κ2) is 6.83. The first-order valence-corrected chi connectivity index (χ1v) is 9.10. The monoisotopic (exact) mass is 349 g/mol. The van der Waals surface area contributed by atoms with Gasteiger partial charge in [0.1, 0.15) is 17.2 Å². The van der Waals surface area contributed by atoms with Gasteiger partial charge in [0.25, 0.3) is 5.91 Å². The van der Waals surface area contributed by atoms with E-state index in [0.29, 0.717) is 17.9 Å². The van der Waals surface area contributed by atoms with Gasteiger partial charge >= 0.3 is 0 Å². The molecule has 1 aromatic heterocycles. The summed E-state index contributed by atoms with van der Waals surface area (Å²) in [6.07, 6.45) is 8.63. The molecule has 26 heavy (non-hydrogen) atoms. The molecule has 1 N–H and O–H groups in total. The Hall–Kier alpha value is -2.82. The third kappa shape index (κ3) is 3.05. The van der Waals surface area contributed by atoms with Crippen LogP contribution in [0.1, 0.15) is 35.2 Å². The molecule has 2 aliphatic rings. The zero-order valence-corrected chi connectivity index (χ0v) is 14.9. The summed E-state index contributed by atoms with van der Waals surface area (Å²) in [6, 6.07) is 11.7. The minimum absolute atomic E-state index is 0.0275. The van der Waals surface area contributed by atoms with Crippen molar-refractivity contribution < 1.29 is 9.53 Å². The maximum atomic E-state index is 13.0. The Balaban J connectivity index is 1.52. The van der Waals surface area contributed by atoms with Crippen molar-refractivity contribution in [1.82, 2.24) is 9.88 Å². The lowest BCUT2D eigenvalue weighted by Gasteiger charge is -2.34. The highest BCUT2D eigenvalue weighted by atomic mass is 16.5. The van der Waals surface area contributed by atoms with Gasteiger partial charge in [-0.1, -0.05) is 24.3 Å². The summed E-state index contributed by atoms with van der Waals surface area (Å²) in [7, 11) is 1.79. The van der Waals surface area contributed by atoms with Crippen molar-refractivity contribution >= 4 is 17.8 Å². The van der Waals surface area contributed by atoms with Crippen LogP contribution in [-0.2, 0) is 0 Å². The van der Waals surface area contributed by atoms with Crippen molar-refractivity contribution in [2.24, 2.45) is 0 Å². The number of benzene rings is 1. The SMILES string of the molecule is CNc1ncccc1C(=O)N1CCCC2(C=Cc3ccccc3O2)CC1. The Bertz CT molecular complexity index is 849. The van der Waals surface area contributed by atoms with E-state index in [1.165, 1.54) is 0 Å². The summed E-state index contributed by atoms with van der Waals surface area (Å²) in [5.74, 6) is 1.58. The van der Waals surface area contributed by atoms with Gasteiger partial charge < -0.3 is 15.0 Å². The lowest BCUT2D eigenvalue weighted by molar-refractivity contribution is 0.0731. The largest absolute Gasteiger partial charge is 0.483 e. The van der Waals surface area contributed by atoms with Crippen LogP contribution in [0.25, 0.3) is 6.08 Å². The van der Waals surface area contributed by atoms with Gasteiger partial charge in [0.05, 0.1) is 5.56 Å². The van der Waals surface area contributed by atoms with Crippen LogP contribution in [0.5, 0.6) is 5.75 Å². The third-order valence-electron chi connectivity index (χ3n) is 5.19. The van der Waals surface area contributed by atoms with Crippen LogP contribution in [-0.4, -0.2) is 41.5 Å². The molecule has 4 rings (SSSR count). The molecule has 0 saturated carbocycles. The molecule has 0 aliphatic carbocycles. The van der Waals surface area contributed by atoms with Gasteiger partial charge in [-0.2, -0.15) is 0 Å². The summed E-state index contributed by atoms with van der Waals surface area (Å²) in [5, 5.41) is 3.00. The van der Waals surface area contributed by atoms with E-state index in [2.05, 4.69) is 28.5 Å². The number of hydrogen-bond acceptors (Lipinski definition) is 4. The highest BCUT2D eigenvalue weighted by molar-refractivity contribution is 5.98. The van der Waals surface area contributed by atoms with E-state index in [-0.39, 0.29) is 11.5 Å². The van der Waals surface area contributed by atoms with Crippen molar-refractivity contribution in [2.75, 3.05) is 25.5 Å². The van der Waals surface area contributed by atoms with Crippen molar-refractivity contribution in [3.05, 3.63) is 59.8 Å². The first-order chi connectivity index (χ1) is 12.7. The fourth-order valence-electron chi connectivity index (χ4n) is 3.76. The summed E-state index contributed by atoms with van der Waals surface area (Å²) >= 11 is 0. The molecule has 1 saturated heterocycles. The van der Waals surface area contributed by atoms with E-state index < -0.39 is 0 Å². The molecular formula is C21H23N3O2. The summed E-state index contributed by atoms with van der Waals surface area (Å²) in [5.41, 5.74) is 1.42. The van der Waals surface area contributed by atoms with Gasteiger partial charge in [0.2, 0.25) is 0 Å². The Kier molecular flexibility index (Phi) is 4.37. The van der Waals surface area contributed by atoms with Gasteiger partial charge in [-0.25, -0.2) is 4.98 Å². The lowest BCUT2D eigenvalue weighted by Crippen LogP contribution is -2.38. The molecule has 1 amide bonds. The molecule has 2 aliphatic heterocycles. The Morgan fingerprint density at radius 1 is 1.19 bits per heavy atom. The molecular weight excluding hydrogens is 326 g/mol. The van der Waals surface area contributed by atoms with Crippen LogP contribution in [0.3, 0.4) is 0 Å². The average Bonchev–Trinajstić information content (AvgIpc) is 2.90. The van der Waals surface area contributed by atoms with Crippen LogP contribution >= 0.6 is 0 Å². The number of ether oxygens (including phenoxy) is 1. The number of nitrogens with zero attached hydrogens (tertiary/aromatic N) is 2. The molecule has 134 valence electrons. The Morgan fingerprint density at radius 2 is 2.08 bits per heavy atom. The predicted octanol–water partition coefficient (Wildman–Crippen LogP) is 3.59. The number of carbonyl (C=O) groups is 1. The number of rotatable bonds is 2. The average molecular weight is 349 g/mol. The van der Waals surface area contributed by atoms with E-state index >= 15 is 0 Å².